The van der Waals surface area contributed by atoms with Crippen molar-refractivity contribution in [3.05, 3.63) is 54.2 Å². The highest BCUT2D eigenvalue weighted by Crippen LogP contribution is 2.21. The Balaban J connectivity index is 1.39. The summed E-state index contributed by atoms with van der Waals surface area (Å²) in [4.78, 5) is 16.4. The molecular weight excluding hydrogens is 306 g/mol. The van der Waals surface area contributed by atoms with E-state index in [0.29, 0.717) is 11.6 Å². The minimum atomic E-state index is -0.212. The highest BCUT2D eigenvalue weighted by atomic mass is 16.3. The van der Waals surface area contributed by atoms with E-state index in [2.05, 4.69) is 25.8 Å². The zero-order valence-electron chi connectivity index (χ0n) is 13.0. The molecule has 7 nitrogen and oxygen atoms in total. The molecule has 0 bridgehead atoms. The molecule has 0 spiro atoms. The smallest absolute Gasteiger partial charge is 0.319 e. The van der Waals surface area contributed by atoms with Crippen molar-refractivity contribution in [1.82, 2.24) is 20.5 Å². The van der Waals surface area contributed by atoms with Crippen molar-refractivity contribution in [2.75, 3.05) is 5.32 Å². The quantitative estimate of drug-likeness (QED) is 0.690. The number of carbonyl (C=O) groups excluding carboxylic acids is 1. The van der Waals surface area contributed by atoms with E-state index in [1.165, 1.54) is 17.5 Å². The molecule has 24 heavy (non-hydrogen) atoms. The fourth-order valence-corrected chi connectivity index (χ4v) is 2.99. The van der Waals surface area contributed by atoms with Gasteiger partial charge in [-0.2, -0.15) is 5.10 Å². The van der Waals surface area contributed by atoms with Gasteiger partial charge in [0, 0.05) is 23.0 Å². The molecule has 1 aliphatic carbocycles. The van der Waals surface area contributed by atoms with Crippen LogP contribution in [-0.4, -0.2) is 27.3 Å². The number of oxazole rings is 1. The van der Waals surface area contributed by atoms with Crippen molar-refractivity contribution < 1.29 is 9.21 Å². The number of aromatic amines is 1. The third-order valence-electron chi connectivity index (χ3n) is 4.15. The molecule has 122 valence electrons. The van der Waals surface area contributed by atoms with Crippen LogP contribution in [0.5, 0.6) is 0 Å². The number of urea groups is 1. The first-order valence-corrected chi connectivity index (χ1v) is 7.86. The normalized spacial score (nSPS) is 16.4. The van der Waals surface area contributed by atoms with Crippen molar-refractivity contribution in [2.45, 2.75) is 25.3 Å². The number of hydrogen-bond acceptors (Lipinski definition) is 4. The number of nitrogens with zero attached hydrogens (tertiary/aromatic N) is 2. The molecule has 0 saturated heterocycles. The zero-order chi connectivity index (χ0) is 16.4. The lowest BCUT2D eigenvalue weighted by molar-refractivity contribution is 0.247. The van der Waals surface area contributed by atoms with Crippen LogP contribution in [0.1, 0.15) is 17.7 Å². The molecule has 2 heterocycles. The van der Waals surface area contributed by atoms with Gasteiger partial charge in [0.05, 0.1) is 12.4 Å². The van der Waals surface area contributed by atoms with Gasteiger partial charge in [0.1, 0.15) is 6.26 Å². The Morgan fingerprint density at radius 1 is 1.38 bits per heavy atom. The first-order valence-electron chi connectivity index (χ1n) is 7.86. The summed E-state index contributed by atoms with van der Waals surface area (Å²) in [5.74, 6) is 0.527. The highest BCUT2D eigenvalue weighted by molar-refractivity contribution is 5.90. The van der Waals surface area contributed by atoms with Crippen LogP contribution in [0.4, 0.5) is 10.5 Å². The van der Waals surface area contributed by atoms with Crippen LogP contribution in [-0.2, 0) is 12.8 Å². The minimum absolute atomic E-state index is 0.116. The van der Waals surface area contributed by atoms with Crippen LogP contribution in [0, 0.1) is 0 Å². The Labute approximate surface area is 138 Å². The van der Waals surface area contributed by atoms with E-state index < -0.39 is 0 Å². The number of rotatable bonds is 3. The molecule has 0 aliphatic heterocycles. The van der Waals surface area contributed by atoms with Gasteiger partial charge in [-0.3, -0.25) is 5.10 Å². The van der Waals surface area contributed by atoms with E-state index in [9.17, 15) is 4.79 Å². The Morgan fingerprint density at radius 3 is 3.21 bits per heavy atom. The predicted octanol–water partition coefficient (Wildman–Crippen LogP) is 2.74. The molecule has 1 atom stereocenters. The molecule has 0 unspecified atom stereocenters. The number of nitrogens with one attached hydrogen (secondary N) is 3. The zero-order valence-corrected chi connectivity index (χ0v) is 13.0. The van der Waals surface area contributed by atoms with E-state index >= 15 is 0 Å². The van der Waals surface area contributed by atoms with Crippen molar-refractivity contribution in [3.63, 3.8) is 0 Å². The molecule has 3 N–H and O–H groups in total. The maximum atomic E-state index is 12.2. The van der Waals surface area contributed by atoms with E-state index in [4.69, 9.17) is 4.42 Å². The number of amides is 2. The molecule has 0 saturated carbocycles. The molecule has 3 aromatic rings. The molecule has 1 aliphatic rings. The van der Waals surface area contributed by atoms with Gasteiger partial charge in [-0.1, -0.05) is 6.07 Å². The van der Waals surface area contributed by atoms with E-state index in [0.717, 1.165) is 24.8 Å². The number of fused-ring (bicyclic) bond motifs is 1. The lowest BCUT2D eigenvalue weighted by Gasteiger charge is -2.23. The molecule has 0 radical (unpaired) electrons. The average Bonchev–Trinajstić information content (AvgIpc) is 3.26. The van der Waals surface area contributed by atoms with E-state index in [1.807, 2.05) is 30.5 Å². The first-order chi connectivity index (χ1) is 11.8. The molecule has 2 amide bonds. The topological polar surface area (TPSA) is 95.8 Å². The van der Waals surface area contributed by atoms with Gasteiger partial charge in [0.15, 0.2) is 0 Å². The Hall–Kier alpha value is -3.09. The second-order valence-electron chi connectivity index (χ2n) is 5.83. The molecule has 1 aromatic carbocycles. The number of hydrogen-bond donors (Lipinski definition) is 3. The van der Waals surface area contributed by atoms with Gasteiger partial charge in [0.2, 0.25) is 5.89 Å². The number of H-pyrrole nitrogens is 1. The van der Waals surface area contributed by atoms with E-state index in [1.54, 1.807) is 6.20 Å². The third kappa shape index (κ3) is 3.01. The Kier molecular flexibility index (Phi) is 3.74. The number of aryl methyl sites for hydroxylation is 1. The highest BCUT2D eigenvalue weighted by Gasteiger charge is 2.21. The van der Waals surface area contributed by atoms with Gasteiger partial charge < -0.3 is 15.1 Å². The monoisotopic (exact) mass is 323 g/mol. The minimum Gasteiger partial charge on any atom is -0.445 e. The second-order valence-corrected chi connectivity index (χ2v) is 5.83. The van der Waals surface area contributed by atoms with Crippen LogP contribution < -0.4 is 10.6 Å². The number of aromatic nitrogens is 3. The van der Waals surface area contributed by atoms with Crippen molar-refractivity contribution in [2.24, 2.45) is 0 Å². The molecule has 7 heteroatoms. The van der Waals surface area contributed by atoms with Gasteiger partial charge in [-0.15, -0.1) is 0 Å². The van der Waals surface area contributed by atoms with Gasteiger partial charge >= 0.3 is 6.03 Å². The number of carbonyl (C=O) groups is 1. The summed E-state index contributed by atoms with van der Waals surface area (Å²) in [6, 6.07) is 7.31. The van der Waals surface area contributed by atoms with Crippen molar-refractivity contribution in [1.29, 1.82) is 0 Å². The van der Waals surface area contributed by atoms with Crippen molar-refractivity contribution in [3.8, 4) is 11.5 Å². The lowest BCUT2D eigenvalue weighted by atomic mass is 9.94. The summed E-state index contributed by atoms with van der Waals surface area (Å²) >= 11 is 0. The Morgan fingerprint density at radius 2 is 2.33 bits per heavy atom. The first kappa shape index (κ1) is 14.5. The predicted molar refractivity (Wildman–Crippen MR) is 88.5 cm³/mol. The van der Waals surface area contributed by atoms with Gasteiger partial charge in [-0.25, -0.2) is 9.78 Å². The fourth-order valence-electron chi connectivity index (χ4n) is 2.99. The van der Waals surface area contributed by atoms with Crippen LogP contribution in [0.25, 0.3) is 11.5 Å². The molecular formula is C17H17N5O2. The molecule has 2 aromatic heterocycles. The van der Waals surface area contributed by atoms with E-state index in [-0.39, 0.29) is 12.1 Å². The summed E-state index contributed by atoms with van der Waals surface area (Å²) in [6.07, 6.45) is 7.56. The van der Waals surface area contributed by atoms with Gasteiger partial charge in [-0.05, 0) is 43.0 Å². The summed E-state index contributed by atoms with van der Waals surface area (Å²) in [6.45, 7) is 0. The summed E-state index contributed by atoms with van der Waals surface area (Å²) in [7, 11) is 0. The standard InChI is InChI=1S/C17H17N5O2/c23-17(21-14-4-5-15-12(9-14)10-19-22-15)20-13-3-1-2-11(8-13)16-18-6-7-24-16/h1-3,6-8,10,14H,4-5,9H2,(H,19,22)(H2,20,21,23)/t14-/m1/s1. The summed E-state index contributed by atoms with van der Waals surface area (Å²) < 4.78 is 5.28. The molecule has 0 fully saturated rings. The largest absolute Gasteiger partial charge is 0.445 e. The summed E-state index contributed by atoms with van der Waals surface area (Å²) in [5, 5.41) is 12.9. The van der Waals surface area contributed by atoms with Crippen LogP contribution in [0.2, 0.25) is 0 Å². The third-order valence-corrected chi connectivity index (χ3v) is 4.15. The maximum Gasteiger partial charge on any atom is 0.319 e. The number of benzene rings is 1. The fraction of sp³-hybridized carbons (Fsp3) is 0.235. The SMILES string of the molecule is O=C(Nc1cccc(-c2ncco2)c1)N[C@@H]1CCc2[nH]ncc2C1. The Bertz CT molecular complexity index is 840. The van der Waals surface area contributed by atoms with Gasteiger partial charge in [0.25, 0.3) is 0 Å². The van der Waals surface area contributed by atoms with Crippen molar-refractivity contribution >= 4 is 11.7 Å². The second kappa shape index (κ2) is 6.19. The van der Waals surface area contributed by atoms with Crippen LogP contribution in [0.3, 0.4) is 0 Å². The summed E-state index contributed by atoms with van der Waals surface area (Å²) in [5.41, 5.74) is 3.87. The lowest BCUT2D eigenvalue weighted by Crippen LogP contribution is -2.41. The van der Waals surface area contributed by atoms with Crippen LogP contribution >= 0.6 is 0 Å². The maximum absolute atomic E-state index is 12.2. The molecule has 4 rings (SSSR count). The average molecular weight is 323 g/mol. The number of anilines is 1. The van der Waals surface area contributed by atoms with Crippen LogP contribution in [0.15, 0.2) is 47.3 Å².